The summed E-state index contributed by atoms with van der Waals surface area (Å²) in [5.74, 6) is -0.529. The Kier molecular flexibility index (Phi) is 7.39. The summed E-state index contributed by atoms with van der Waals surface area (Å²) in [6.45, 7) is 8.06. The van der Waals surface area contributed by atoms with Crippen molar-refractivity contribution in [3.05, 3.63) is 71.8 Å². The first-order valence-electron chi connectivity index (χ1n) is 8.69. The Labute approximate surface area is 151 Å². The summed E-state index contributed by atoms with van der Waals surface area (Å²) in [6.07, 6.45) is -0.399. The van der Waals surface area contributed by atoms with E-state index in [1.807, 2.05) is 88.4 Å². The van der Waals surface area contributed by atoms with Gasteiger partial charge in [0.1, 0.15) is 5.78 Å². The van der Waals surface area contributed by atoms with Crippen molar-refractivity contribution in [3.63, 3.8) is 0 Å². The average molecular weight is 361 g/mol. The molecule has 0 saturated heterocycles. The molecule has 0 bridgehead atoms. The Bertz CT molecular complexity index is 660. The molecule has 0 fully saturated rings. The van der Waals surface area contributed by atoms with E-state index >= 15 is 0 Å². The van der Waals surface area contributed by atoms with Crippen molar-refractivity contribution >= 4 is 7.60 Å². The highest BCUT2D eigenvalue weighted by atomic mass is 31.2. The van der Waals surface area contributed by atoms with Crippen LogP contribution in [0, 0.1) is 0 Å². The van der Waals surface area contributed by atoms with Gasteiger partial charge in [0, 0.05) is 6.54 Å². The van der Waals surface area contributed by atoms with Crippen LogP contribution in [0.4, 0.5) is 0 Å². The first-order valence-corrected chi connectivity index (χ1v) is 10.3. The van der Waals surface area contributed by atoms with Gasteiger partial charge in [-0.15, -0.1) is 0 Å². The minimum atomic E-state index is -3.41. The summed E-state index contributed by atoms with van der Waals surface area (Å²) >= 11 is 0. The molecular formula is C20H28NO3P. The fourth-order valence-electron chi connectivity index (χ4n) is 2.59. The molecule has 0 spiro atoms. The lowest BCUT2D eigenvalue weighted by Gasteiger charge is -2.31. The number of nitrogens with one attached hydrogen (secondary N) is 1. The summed E-state index contributed by atoms with van der Waals surface area (Å²) in [6, 6.07) is 19.7. The van der Waals surface area contributed by atoms with E-state index in [9.17, 15) is 4.57 Å². The van der Waals surface area contributed by atoms with Crippen molar-refractivity contribution in [2.45, 2.75) is 52.2 Å². The van der Waals surface area contributed by atoms with Crippen LogP contribution in [0.2, 0.25) is 0 Å². The minimum absolute atomic E-state index is 0.200. The Morgan fingerprint density at radius 2 is 1.32 bits per heavy atom. The highest BCUT2D eigenvalue weighted by molar-refractivity contribution is 7.54. The standard InChI is InChI=1S/C20H28NO3P/c1-16(2)23-25(22,24-17(3)4)20(19-13-9-6-10-14-19)21-15-18-11-7-5-8-12-18/h5-14,16-17,20-21H,15H2,1-4H3/t20-/m1/s1. The van der Waals surface area contributed by atoms with Crippen LogP contribution >= 0.6 is 7.60 Å². The van der Waals surface area contributed by atoms with E-state index in [1.54, 1.807) is 0 Å². The van der Waals surface area contributed by atoms with Crippen LogP contribution in [0.3, 0.4) is 0 Å². The summed E-state index contributed by atoms with van der Waals surface area (Å²) in [5.41, 5.74) is 2.01. The second-order valence-corrected chi connectivity index (χ2v) is 8.55. The summed E-state index contributed by atoms with van der Waals surface area (Å²) in [5, 5.41) is 3.39. The second kappa shape index (κ2) is 9.30. The molecule has 0 saturated carbocycles. The first-order chi connectivity index (χ1) is 11.9. The molecule has 0 aliphatic heterocycles. The quantitative estimate of drug-likeness (QED) is 0.598. The molecule has 0 radical (unpaired) electrons. The van der Waals surface area contributed by atoms with Crippen molar-refractivity contribution in [1.29, 1.82) is 0 Å². The molecule has 25 heavy (non-hydrogen) atoms. The fraction of sp³-hybridized carbons (Fsp3) is 0.400. The Morgan fingerprint density at radius 1 is 0.840 bits per heavy atom. The lowest BCUT2D eigenvalue weighted by Crippen LogP contribution is -2.25. The van der Waals surface area contributed by atoms with E-state index in [-0.39, 0.29) is 12.2 Å². The third-order valence-corrected chi connectivity index (χ3v) is 6.03. The number of hydrogen-bond donors (Lipinski definition) is 1. The number of rotatable bonds is 9. The van der Waals surface area contributed by atoms with Crippen molar-refractivity contribution in [1.82, 2.24) is 5.32 Å². The van der Waals surface area contributed by atoms with Crippen LogP contribution in [0.1, 0.15) is 44.6 Å². The Morgan fingerprint density at radius 3 is 1.80 bits per heavy atom. The molecule has 0 aromatic heterocycles. The molecule has 5 heteroatoms. The molecule has 0 heterocycles. The lowest BCUT2D eigenvalue weighted by atomic mass is 10.2. The van der Waals surface area contributed by atoms with Crippen molar-refractivity contribution < 1.29 is 13.6 Å². The van der Waals surface area contributed by atoms with Gasteiger partial charge in [0.15, 0.2) is 0 Å². The minimum Gasteiger partial charge on any atom is -0.304 e. The second-order valence-electron chi connectivity index (χ2n) is 6.53. The smallest absolute Gasteiger partial charge is 0.304 e. The molecule has 2 rings (SSSR count). The van der Waals surface area contributed by atoms with Gasteiger partial charge in [-0.05, 0) is 38.8 Å². The van der Waals surface area contributed by atoms with E-state index in [0.29, 0.717) is 6.54 Å². The molecule has 2 aromatic rings. The van der Waals surface area contributed by atoms with Gasteiger partial charge in [-0.25, -0.2) is 0 Å². The van der Waals surface area contributed by atoms with Gasteiger partial charge >= 0.3 is 7.60 Å². The van der Waals surface area contributed by atoms with Gasteiger partial charge in [0.05, 0.1) is 12.2 Å². The van der Waals surface area contributed by atoms with Gasteiger partial charge in [0.2, 0.25) is 0 Å². The topological polar surface area (TPSA) is 47.6 Å². The first kappa shape index (κ1) is 19.9. The molecule has 0 amide bonds. The van der Waals surface area contributed by atoms with Crippen LogP contribution in [0.15, 0.2) is 60.7 Å². The zero-order valence-electron chi connectivity index (χ0n) is 15.4. The van der Waals surface area contributed by atoms with E-state index in [4.69, 9.17) is 9.05 Å². The molecule has 0 aliphatic rings. The molecule has 0 unspecified atom stereocenters. The highest BCUT2D eigenvalue weighted by Gasteiger charge is 2.38. The monoisotopic (exact) mass is 361 g/mol. The van der Waals surface area contributed by atoms with Crippen LogP contribution in [-0.2, 0) is 20.2 Å². The van der Waals surface area contributed by atoms with Gasteiger partial charge in [-0.1, -0.05) is 60.7 Å². The molecular weight excluding hydrogens is 333 g/mol. The molecule has 2 aromatic carbocycles. The maximum atomic E-state index is 13.6. The molecule has 0 aliphatic carbocycles. The third-order valence-electron chi connectivity index (χ3n) is 3.49. The van der Waals surface area contributed by atoms with E-state index in [2.05, 4.69) is 5.32 Å². The zero-order chi connectivity index (χ0) is 18.3. The number of hydrogen-bond acceptors (Lipinski definition) is 4. The molecule has 136 valence electrons. The summed E-state index contributed by atoms with van der Waals surface area (Å²) < 4.78 is 25.3. The molecule has 4 nitrogen and oxygen atoms in total. The molecule has 1 atom stereocenters. The average Bonchev–Trinajstić information content (AvgIpc) is 2.55. The SMILES string of the molecule is CC(C)OP(=O)(OC(C)C)[C@@H](NCc1ccccc1)c1ccccc1. The lowest BCUT2D eigenvalue weighted by molar-refractivity contribution is 0.133. The van der Waals surface area contributed by atoms with E-state index in [0.717, 1.165) is 11.1 Å². The Balaban J connectivity index is 2.32. The zero-order valence-corrected chi connectivity index (χ0v) is 16.3. The van der Waals surface area contributed by atoms with E-state index < -0.39 is 13.4 Å². The molecule has 1 N–H and O–H groups in total. The largest absolute Gasteiger partial charge is 0.352 e. The third kappa shape index (κ3) is 6.09. The van der Waals surface area contributed by atoms with Crippen LogP contribution < -0.4 is 5.32 Å². The summed E-state index contributed by atoms with van der Waals surface area (Å²) in [7, 11) is -3.41. The van der Waals surface area contributed by atoms with Gasteiger partial charge in [0.25, 0.3) is 0 Å². The fourth-order valence-corrected chi connectivity index (χ4v) is 4.91. The van der Waals surface area contributed by atoms with Crippen LogP contribution in [0.25, 0.3) is 0 Å². The number of benzene rings is 2. The highest BCUT2D eigenvalue weighted by Crippen LogP contribution is 2.61. The Hall–Kier alpha value is -1.45. The van der Waals surface area contributed by atoms with Crippen molar-refractivity contribution in [3.8, 4) is 0 Å². The predicted molar refractivity (Wildman–Crippen MR) is 103 cm³/mol. The predicted octanol–water partition coefficient (Wildman–Crippen LogP) is 5.52. The van der Waals surface area contributed by atoms with Gasteiger partial charge < -0.3 is 9.05 Å². The van der Waals surface area contributed by atoms with Gasteiger partial charge in [-0.3, -0.25) is 9.88 Å². The van der Waals surface area contributed by atoms with Crippen molar-refractivity contribution in [2.75, 3.05) is 0 Å². The van der Waals surface area contributed by atoms with Gasteiger partial charge in [-0.2, -0.15) is 0 Å². The van der Waals surface area contributed by atoms with Crippen molar-refractivity contribution in [2.24, 2.45) is 0 Å². The van der Waals surface area contributed by atoms with Crippen LogP contribution in [-0.4, -0.2) is 12.2 Å². The van der Waals surface area contributed by atoms with E-state index in [1.165, 1.54) is 0 Å². The normalized spacial score (nSPS) is 13.4. The van der Waals surface area contributed by atoms with Crippen LogP contribution in [0.5, 0.6) is 0 Å². The summed E-state index contributed by atoms with van der Waals surface area (Å²) in [4.78, 5) is 0. The maximum absolute atomic E-state index is 13.6. The maximum Gasteiger partial charge on any atom is 0.352 e.